The molecule has 0 unspecified atom stereocenters. The molecule has 0 spiro atoms. The lowest BCUT2D eigenvalue weighted by Gasteiger charge is -2.47. The SMILES string of the molecule is C=CC(=O)N1CC(C)(CNCC)C1. The molecule has 1 N–H and O–H groups in total. The first-order valence-electron chi connectivity index (χ1n) is 4.73. The Morgan fingerprint density at radius 3 is 2.77 bits per heavy atom. The van der Waals surface area contributed by atoms with Crippen LogP contribution < -0.4 is 5.32 Å². The number of nitrogens with zero attached hydrogens (tertiary/aromatic N) is 1. The number of hydrogen-bond acceptors (Lipinski definition) is 2. The molecule has 0 aromatic carbocycles. The molecule has 1 saturated heterocycles. The van der Waals surface area contributed by atoms with E-state index in [-0.39, 0.29) is 11.3 Å². The van der Waals surface area contributed by atoms with E-state index in [1.54, 1.807) is 0 Å². The molecule has 0 aromatic rings. The number of likely N-dealkylation sites (tertiary alicyclic amines) is 1. The number of carbonyl (C=O) groups is 1. The van der Waals surface area contributed by atoms with Crippen molar-refractivity contribution >= 4 is 5.91 Å². The third-order valence-electron chi connectivity index (χ3n) is 2.43. The van der Waals surface area contributed by atoms with E-state index in [1.165, 1.54) is 6.08 Å². The van der Waals surface area contributed by atoms with Crippen LogP contribution in [0.15, 0.2) is 12.7 Å². The lowest BCUT2D eigenvalue weighted by Crippen LogP contribution is -2.60. The van der Waals surface area contributed by atoms with Crippen molar-refractivity contribution in [3.05, 3.63) is 12.7 Å². The average molecular weight is 182 g/mol. The predicted octanol–water partition coefficient (Wildman–Crippen LogP) is 0.630. The van der Waals surface area contributed by atoms with E-state index >= 15 is 0 Å². The first kappa shape index (κ1) is 10.3. The maximum atomic E-state index is 11.1. The van der Waals surface area contributed by atoms with E-state index in [1.807, 2.05) is 4.90 Å². The minimum Gasteiger partial charge on any atom is -0.338 e. The molecule has 3 heteroatoms. The van der Waals surface area contributed by atoms with Gasteiger partial charge in [-0.2, -0.15) is 0 Å². The molecule has 1 aliphatic heterocycles. The maximum Gasteiger partial charge on any atom is 0.245 e. The summed E-state index contributed by atoms with van der Waals surface area (Å²) in [6.45, 7) is 11.4. The quantitative estimate of drug-likeness (QED) is 0.647. The molecule has 0 saturated carbocycles. The first-order valence-corrected chi connectivity index (χ1v) is 4.73. The van der Waals surface area contributed by atoms with Gasteiger partial charge in [-0.15, -0.1) is 0 Å². The van der Waals surface area contributed by atoms with Gasteiger partial charge >= 0.3 is 0 Å². The van der Waals surface area contributed by atoms with Gasteiger partial charge in [0, 0.05) is 25.0 Å². The fraction of sp³-hybridized carbons (Fsp3) is 0.700. The van der Waals surface area contributed by atoms with Crippen LogP contribution in [-0.4, -0.2) is 37.0 Å². The van der Waals surface area contributed by atoms with Crippen molar-refractivity contribution in [2.45, 2.75) is 13.8 Å². The van der Waals surface area contributed by atoms with Crippen LogP contribution in [0.25, 0.3) is 0 Å². The van der Waals surface area contributed by atoms with Crippen LogP contribution in [0.2, 0.25) is 0 Å². The summed E-state index contributed by atoms with van der Waals surface area (Å²) in [4.78, 5) is 13.0. The minimum atomic E-state index is 0.0500. The molecule has 1 aliphatic rings. The van der Waals surface area contributed by atoms with E-state index < -0.39 is 0 Å². The molecular formula is C10H18N2O. The molecule has 3 nitrogen and oxygen atoms in total. The van der Waals surface area contributed by atoms with Crippen molar-refractivity contribution in [1.82, 2.24) is 10.2 Å². The first-order chi connectivity index (χ1) is 6.11. The van der Waals surface area contributed by atoms with Crippen LogP contribution in [0.1, 0.15) is 13.8 Å². The Balaban J connectivity index is 2.29. The molecule has 0 bridgehead atoms. The predicted molar refractivity (Wildman–Crippen MR) is 53.4 cm³/mol. The molecular weight excluding hydrogens is 164 g/mol. The number of carbonyl (C=O) groups excluding carboxylic acids is 1. The van der Waals surface area contributed by atoms with Gasteiger partial charge in [0.2, 0.25) is 5.91 Å². The van der Waals surface area contributed by atoms with Gasteiger partial charge in [0.25, 0.3) is 0 Å². The highest BCUT2D eigenvalue weighted by Crippen LogP contribution is 2.28. The van der Waals surface area contributed by atoms with Crippen molar-refractivity contribution in [2.24, 2.45) is 5.41 Å². The summed E-state index contributed by atoms with van der Waals surface area (Å²) < 4.78 is 0. The highest BCUT2D eigenvalue weighted by Gasteiger charge is 2.39. The Labute approximate surface area is 79.8 Å². The van der Waals surface area contributed by atoms with Gasteiger partial charge in [-0.05, 0) is 12.6 Å². The monoisotopic (exact) mass is 182 g/mol. The molecule has 74 valence electrons. The Morgan fingerprint density at radius 2 is 2.31 bits per heavy atom. The lowest BCUT2D eigenvalue weighted by molar-refractivity contribution is -0.136. The fourth-order valence-corrected chi connectivity index (χ4v) is 1.70. The van der Waals surface area contributed by atoms with E-state index in [0.29, 0.717) is 0 Å². The zero-order valence-corrected chi connectivity index (χ0v) is 8.47. The molecule has 0 atom stereocenters. The van der Waals surface area contributed by atoms with Crippen LogP contribution in [0.3, 0.4) is 0 Å². The van der Waals surface area contributed by atoms with Crippen LogP contribution in [0.4, 0.5) is 0 Å². The molecule has 0 aliphatic carbocycles. The summed E-state index contributed by atoms with van der Waals surface area (Å²) in [5.41, 5.74) is 0.272. The molecule has 1 fully saturated rings. The van der Waals surface area contributed by atoms with E-state index in [9.17, 15) is 4.79 Å². The summed E-state index contributed by atoms with van der Waals surface area (Å²) in [6.07, 6.45) is 1.38. The largest absolute Gasteiger partial charge is 0.338 e. The highest BCUT2D eigenvalue weighted by molar-refractivity contribution is 5.87. The molecule has 0 aromatic heterocycles. The van der Waals surface area contributed by atoms with Crippen molar-refractivity contribution in [1.29, 1.82) is 0 Å². The van der Waals surface area contributed by atoms with Gasteiger partial charge < -0.3 is 10.2 Å². The van der Waals surface area contributed by atoms with Gasteiger partial charge in [0.1, 0.15) is 0 Å². The number of rotatable bonds is 4. The van der Waals surface area contributed by atoms with Crippen molar-refractivity contribution in [2.75, 3.05) is 26.2 Å². The second kappa shape index (κ2) is 3.92. The zero-order chi connectivity index (χ0) is 9.90. The Kier molecular flexibility index (Phi) is 3.09. The zero-order valence-electron chi connectivity index (χ0n) is 8.47. The second-order valence-electron chi connectivity index (χ2n) is 3.99. The van der Waals surface area contributed by atoms with E-state index in [4.69, 9.17) is 0 Å². The lowest BCUT2D eigenvalue weighted by atomic mass is 9.82. The smallest absolute Gasteiger partial charge is 0.245 e. The summed E-state index contributed by atoms with van der Waals surface area (Å²) in [7, 11) is 0. The Morgan fingerprint density at radius 1 is 1.69 bits per heavy atom. The van der Waals surface area contributed by atoms with Gasteiger partial charge in [-0.1, -0.05) is 20.4 Å². The molecule has 1 amide bonds. The average Bonchev–Trinajstić information content (AvgIpc) is 2.09. The summed E-state index contributed by atoms with van der Waals surface area (Å²) in [5.74, 6) is 0.0500. The third kappa shape index (κ3) is 2.31. The van der Waals surface area contributed by atoms with E-state index in [0.717, 1.165) is 26.2 Å². The molecule has 1 heterocycles. The topological polar surface area (TPSA) is 32.3 Å². The molecule has 1 rings (SSSR count). The summed E-state index contributed by atoms with van der Waals surface area (Å²) >= 11 is 0. The fourth-order valence-electron chi connectivity index (χ4n) is 1.70. The van der Waals surface area contributed by atoms with Crippen LogP contribution in [0.5, 0.6) is 0 Å². The van der Waals surface area contributed by atoms with Gasteiger partial charge in [0.15, 0.2) is 0 Å². The summed E-state index contributed by atoms with van der Waals surface area (Å²) in [6, 6.07) is 0. The Bertz CT molecular complexity index is 207. The molecule has 0 radical (unpaired) electrons. The van der Waals surface area contributed by atoms with Crippen molar-refractivity contribution in [3.63, 3.8) is 0 Å². The van der Waals surface area contributed by atoms with Crippen LogP contribution >= 0.6 is 0 Å². The minimum absolute atomic E-state index is 0.0500. The van der Waals surface area contributed by atoms with E-state index in [2.05, 4.69) is 25.7 Å². The van der Waals surface area contributed by atoms with Gasteiger partial charge in [-0.25, -0.2) is 0 Å². The van der Waals surface area contributed by atoms with Crippen LogP contribution in [-0.2, 0) is 4.79 Å². The third-order valence-corrected chi connectivity index (χ3v) is 2.43. The number of nitrogens with one attached hydrogen (secondary N) is 1. The number of hydrogen-bond donors (Lipinski definition) is 1. The highest BCUT2D eigenvalue weighted by atomic mass is 16.2. The molecule has 13 heavy (non-hydrogen) atoms. The standard InChI is InChI=1S/C10H18N2O/c1-4-9(13)12-7-10(3,8-12)6-11-5-2/h4,11H,1,5-8H2,2-3H3. The normalized spacial score (nSPS) is 19.4. The Hall–Kier alpha value is -0.830. The van der Waals surface area contributed by atoms with Crippen molar-refractivity contribution in [3.8, 4) is 0 Å². The van der Waals surface area contributed by atoms with Crippen LogP contribution in [0, 0.1) is 5.41 Å². The van der Waals surface area contributed by atoms with Crippen molar-refractivity contribution < 1.29 is 4.79 Å². The van der Waals surface area contributed by atoms with Gasteiger partial charge in [-0.3, -0.25) is 4.79 Å². The summed E-state index contributed by atoms with van der Waals surface area (Å²) in [5, 5.41) is 3.30. The second-order valence-corrected chi connectivity index (χ2v) is 3.99. The number of amides is 1. The maximum absolute atomic E-state index is 11.1. The van der Waals surface area contributed by atoms with Gasteiger partial charge in [0.05, 0.1) is 0 Å².